The van der Waals surface area contributed by atoms with Crippen molar-refractivity contribution in [3.8, 4) is 0 Å². The van der Waals surface area contributed by atoms with Crippen LogP contribution in [0.25, 0.3) is 0 Å². The first-order valence-electron chi connectivity index (χ1n) is 3.63. The SMILES string of the molecule is CC(C)CN1C=C(N)NC1. The summed E-state index contributed by atoms with van der Waals surface area (Å²) in [5.41, 5.74) is 5.51. The van der Waals surface area contributed by atoms with Crippen LogP contribution < -0.4 is 11.1 Å². The quantitative estimate of drug-likeness (QED) is 0.579. The lowest BCUT2D eigenvalue weighted by Crippen LogP contribution is -2.25. The number of hydrogen-bond donors (Lipinski definition) is 2. The topological polar surface area (TPSA) is 41.3 Å². The first-order chi connectivity index (χ1) is 4.68. The highest BCUT2D eigenvalue weighted by Gasteiger charge is 2.08. The minimum absolute atomic E-state index is 0.698. The second kappa shape index (κ2) is 2.82. The van der Waals surface area contributed by atoms with Gasteiger partial charge in [-0.05, 0) is 5.92 Å². The van der Waals surface area contributed by atoms with E-state index in [0.717, 1.165) is 19.0 Å². The molecule has 0 atom stereocenters. The Labute approximate surface area is 61.9 Å². The Bertz CT molecular complexity index is 140. The van der Waals surface area contributed by atoms with E-state index >= 15 is 0 Å². The van der Waals surface area contributed by atoms with Crippen LogP contribution in [0.3, 0.4) is 0 Å². The monoisotopic (exact) mass is 141 g/mol. The summed E-state index contributed by atoms with van der Waals surface area (Å²) >= 11 is 0. The Hall–Kier alpha value is -0.860. The third kappa shape index (κ3) is 1.83. The fourth-order valence-electron chi connectivity index (χ4n) is 1.07. The Morgan fingerprint density at radius 1 is 1.80 bits per heavy atom. The van der Waals surface area contributed by atoms with Crippen LogP contribution in [0.2, 0.25) is 0 Å². The minimum Gasteiger partial charge on any atom is -0.384 e. The molecule has 0 aromatic carbocycles. The summed E-state index contributed by atoms with van der Waals surface area (Å²) in [7, 11) is 0. The molecule has 0 fully saturated rings. The zero-order chi connectivity index (χ0) is 7.56. The minimum atomic E-state index is 0.698. The fraction of sp³-hybridized carbons (Fsp3) is 0.714. The maximum atomic E-state index is 5.51. The van der Waals surface area contributed by atoms with Crippen LogP contribution in [-0.4, -0.2) is 18.1 Å². The van der Waals surface area contributed by atoms with Gasteiger partial charge in [0, 0.05) is 12.7 Å². The molecule has 3 nitrogen and oxygen atoms in total. The van der Waals surface area contributed by atoms with Gasteiger partial charge in [0.1, 0.15) is 5.82 Å². The van der Waals surface area contributed by atoms with Crippen molar-refractivity contribution in [1.29, 1.82) is 0 Å². The van der Waals surface area contributed by atoms with Crippen LogP contribution in [0.4, 0.5) is 0 Å². The van der Waals surface area contributed by atoms with E-state index < -0.39 is 0 Å². The molecule has 0 saturated carbocycles. The summed E-state index contributed by atoms with van der Waals surface area (Å²) < 4.78 is 0. The largest absolute Gasteiger partial charge is 0.384 e. The highest BCUT2D eigenvalue weighted by atomic mass is 15.3. The van der Waals surface area contributed by atoms with Crippen molar-refractivity contribution in [1.82, 2.24) is 10.2 Å². The Morgan fingerprint density at radius 3 is 2.90 bits per heavy atom. The van der Waals surface area contributed by atoms with Gasteiger partial charge in [0.15, 0.2) is 0 Å². The summed E-state index contributed by atoms with van der Waals surface area (Å²) in [6.07, 6.45) is 1.96. The molecule has 58 valence electrons. The van der Waals surface area contributed by atoms with Gasteiger partial charge in [-0.1, -0.05) is 13.8 Å². The average Bonchev–Trinajstić information content (AvgIpc) is 2.13. The van der Waals surface area contributed by atoms with Crippen LogP contribution in [0.1, 0.15) is 13.8 Å². The molecule has 0 aliphatic carbocycles. The van der Waals surface area contributed by atoms with Crippen molar-refractivity contribution in [3.63, 3.8) is 0 Å². The molecule has 0 saturated heterocycles. The number of nitrogens with two attached hydrogens (primary N) is 1. The van der Waals surface area contributed by atoms with Gasteiger partial charge in [-0.3, -0.25) is 0 Å². The van der Waals surface area contributed by atoms with Gasteiger partial charge in [-0.25, -0.2) is 0 Å². The zero-order valence-electron chi connectivity index (χ0n) is 6.59. The standard InChI is InChI=1S/C7H15N3/c1-6(2)3-10-4-7(8)9-5-10/h4,6,9H,3,5,8H2,1-2H3. The molecule has 0 unspecified atom stereocenters. The summed E-state index contributed by atoms with van der Waals surface area (Å²) in [5.74, 6) is 1.48. The van der Waals surface area contributed by atoms with Crippen LogP contribution in [0, 0.1) is 5.92 Å². The molecule has 1 aliphatic rings. The summed E-state index contributed by atoms with van der Waals surface area (Å²) in [6, 6.07) is 0. The molecule has 3 heteroatoms. The lowest BCUT2D eigenvalue weighted by molar-refractivity contribution is 0.342. The molecule has 1 heterocycles. The Balaban J connectivity index is 2.31. The van der Waals surface area contributed by atoms with Gasteiger partial charge in [0.05, 0.1) is 6.67 Å². The molecule has 0 aromatic rings. The normalized spacial score (nSPS) is 17.5. The summed E-state index contributed by atoms with van der Waals surface area (Å²) in [4.78, 5) is 2.18. The van der Waals surface area contributed by atoms with E-state index in [2.05, 4.69) is 24.1 Å². The first-order valence-corrected chi connectivity index (χ1v) is 3.63. The molecule has 0 radical (unpaired) electrons. The molecule has 3 N–H and O–H groups in total. The number of nitrogens with one attached hydrogen (secondary N) is 1. The average molecular weight is 141 g/mol. The molecule has 0 spiro atoms. The van der Waals surface area contributed by atoms with Crippen molar-refractivity contribution in [2.45, 2.75) is 13.8 Å². The van der Waals surface area contributed by atoms with Gasteiger partial charge >= 0.3 is 0 Å². The molecule has 10 heavy (non-hydrogen) atoms. The molecular formula is C7H15N3. The van der Waals surface area contributed by atoms with E-state index in [1.165, 1.54) is 0 Å². The van der Waals surface area contributed by atoms with Crippen molar-refractivity contribution in [3.05, 3.63) is 12.0 Å². The number of hydrogen-bond acceptors (Lipinski definition) is 3. The lowest BCUT2D eigenvalue weighted by atomic mass is 10.2. The highest BCUT2D eigenvalue weighted by molar-refractivity contribution is 4.99. The van der Waals surface area contributed by atoms with E-state index in [-0.39, 0.29) is 0 Å². The van der Waals surface area contributed by atoms with Crippen LogP contribution in [-0.2, 0) is 0 Å². The third-order valence-electron chi connectivity index (χ3n) is 1.41. The number of rotatable bonds is 2. The Morgan fingerprint density at radius 2 is 2.50 bits per heavy atom. The van der Waals surface area contributed by atoms with Crippen LogP contribution >= 0.6 is 0 Å². The summed E-state index contributed by atoms with van der Waals surface area (Å²) in [5, 5.41) is 3.04. The second-order valence-corrected chi connectivity index (χ2v) is 3.08. The molecule has 1 rings (SSSR count). The molecule has 0 amide bonds. The maximum Gasteiger partial charge on any atom is 0.114 e. The van der Waals surface area contributed by atoms with E-state index in [1.807, 2.05) is 6.20 Å². The van der Waals surface area contributed by atoms with Crippen molar-refractivity contribution < 1.29 is 0 Å². The third-order valence-corrected chi connectivity index (χ3v) is 1.41. The van der Waals surface area contributed by atoms with Gasteiger partial charge in [-0.2, -0.15) is 0 Å². The summed E-state index contributed by atoms with van der Waals surface area (Å²) in [6.45, 7) is 6.34. The van der Waals surface area contributed by atoms with E-state index in [4.69, 9.17) is 5.73 Å². The molecule has 0 aromatic heterocycles. The van der Waals surface area contributed by atoms with Crippen LogP contribution in [0.5, 0.6) is 0 Å². The van der Waals surface area contributed by atoms with Gasteiger partial charge in [0.2, 0.25) is 0 Å². The van der Waals surface area contributed by atoms with Crippen molar-refractivity contribution in [2.75, 3.05) is 13.2 Å². The lowest BCUT2D eigenvalue weighted by Gasteiger charge is -2.16. The van der Waals surface area contributed by atoms with E-state index in [0.29, 0.717) is 5.92 Å². The van der Waals surface area contributed by atoms with Gasteiger partial charge in [-0.15, -0.1) is 0 Å². The van der Waals surface area contributed by atoms with Gasteiger partial charge < -0.3 is 16.0 Å². The van der Waals surface area contributed by atoms with Gasteiger partial charge in [0.25, 0.3) is 0 Å². The maximum absolute atomic E-state index is 5.51. The first kappa shape index (κ1) is 7.25. The van der Waals surface area contributed by atoms with Crippen molar-refractivity contribution in [2.24, 2.45) is 11.7 Å². The Kier molecular flexibility index (Phi) is 2.04. The molecule has 0 bridgehead atoms. The van der Waals surface area contributed by atoms with E-state index in [9.17, 15) is 0 Å². The predicted molar refractivity (Wildman–Crippen MR) is 41.8 cm³/mol. The second-order valence-electron chi connectivity index (χ2n) is 3.08. The highest BCUT2D eigenvalue weighted by Crippen LogP contribution is 2.02. The fourth-order valence-corrected chi connectivity index (χ4v) is 1.07. The number of nitrogens with zero attached hydrogens (tertiary/aromatic N) is 1. The predicted octanol–water partition coefficient (Wildman–Crippen LogP) is 0.263. The zero-order valence-corrected chi connectivity index (χ0v) is 6.59. The molecular weight excluding hydrogens is 126 g/mol. The van der Waals surface area contributed by atoms with E-state index in [1.54, 1.807) is 0 Å². The van der Waals surface area contributed by atoms with Crippen LogP contribution in [0.15, 0.2) is 12.0 Å². The van der Waals surface area contributed by atoms with Crippen molar-refractivity contribution >= 4 is 0 Å². The smallest absolute Gasteiger partial charge is 0.114 e. The molecule has 1 aliphatic heterocycles.